The summed E-state index contributed by atoms with van der Waals surface area (Å²) in [6, 6.07) is 6.18. The highest BCUT2D eigenvalue weighted by Gasteiger charge is 2.36. The summed E-state index contributed by atoms with van der Waals surface area (Å²) in [5.41, 5.74) is 0.775. The predicted octanol–water partition coefficient (Wildman–Crippen LogP) is 5.91. The molecule has 0 unspecified atom stereocenters. The number of fused-ring (bicyclic) bond motifs is 1. The molecule has 1 fully saturated rings. The molecule has 0 N–H and O–H groups in total. The lowest BCUT2D eigenvalue weighted by Gasteiger charge is -2.45. The Morgan fingerprint density at radius 1 is 1.02 bits per heavy atom. The normalized spacial score (nSPS) is 16.6. The fourth-order valence-corrected chi connectivity index (χ4v) is 6.47. The van der Waals surface area contributed by atoms with Crippen molar-refractivity contribution in [1.29, 1.82) is 0 Å². The minimum absolute atomic E-state index is 0.0205. The molecule has 4 heterocycles. The number of benzene rings is 1. The lowest BCUT2D eigenvalue weighted by Crippen LogP contribution is -2.59. The molecule has 8 nitrogen and oxygen atoms in total. The number of piperazine rings is 1. The third-order valence-corrected chi connectivity index (χ3v) is 8.47. The van der Waals surface area contributed by atoms with Crippen LogP contribution in [0.25, 0.3) is 34.1 Å². The molecule has 4 aromatic rings. The molecule has 0 spiro atoms. The number of hydrogen-bond donors (Lipinski definition) is 0. The Morgan fingerprint density at radius 3 is 2.27 bits per heavy atom. The van der Waals surface area contributed by atoms with Gasteiger partial charge in [-0.2, -0.15) is 10.4 Å². The zero-order valence-corrected chi connectivity index (χ0v) is 27.8. The van der Waals surface area contributed by atoms with Crippen molar-refractivity contribution in [3.8, 4) is 16.9 Å². The second kappa shape index (κ2) is 13.4. The molecule has 2 atom stereocenters. The average Bonchev–Trinajstić information content (AvgIpc) is 3.00. The van der Waals surface area contributed by atoms with E-state index >= 15 is 8.78 Å². The van der Waals surface area contributed by atoms with E-state index in [1.54, 1.807) is 24.9 Å². The molecule has 1 aliphatic heterocycles. The standard InChI is InChI=1S/C35H35B2F3N6O2/c1-17(2)23-11-12-41-29(18(3)4)31(23)46-32-24(14-26(40)30(42-32)28-22(13-27(36)37)9-8-10-25(28)39)33(43-35(46)48)45-19(5)15-44(16-20(45)6)34(47)21(7)38/h8-14,17-20H,7,15-16H2,1-6H3/t19-,20-/m0/s1. The van der Waals surface area contributed by atoms with Crippen molar-refractivity contribution in [1.82, 2.24) is 24.4 Å². The summed E-state index contributed by atoms with van der Waals surface area (Å²) in [7, 11) is 11.4. The largest absolute Gasteiger partial charge is 0.355 e. The van der Waals surface area contributed by atoms with Gasteiger partial charge in [-0.15, -0.1) is 0 Å². The van der Waals surface area contributed by atoms with Crippen molar-refractivity contribution in [2.24, 2.45) is 0 Å². The van der Waals surface area contributed by atoms with Crippen LogP contribution in [0.1, 0.15) is 70.2 Å². The third-order valence-electron chi connectivity index (χ3n) is 8.47. The number of nitrogens with zero attached hydrogens (tertiary/aromatic N) is 6. The summed E-state index contributed by atoms with van der Waals surface area (Å²) in [5, 5.41) is 0.0474. The molecule has 3 aromatic heterocycles. The predicted molar refractivity (Wildman–Crippen MR) is 184 cm³/mol. The molecular weight excluding hydrogens is 615 g/mol. The molecule has 48 heavy (non-hydrogen) atoms. The van der Waals surface area contributed by atoms with Crippen LogP contribution in [0.3, 0.4) is 0 Å². The van der Waals surface area contributed by atoms with Crippen LogP contribution in [-0.2, 0) is 4.79 Å². The Morgan fingerprint density at radius 2 is 1.69 bits per heavy atom. The Kier molecular flexibility index (Phi) is 9.71. The summed E-state index contributed by atoms with van der Waals surface area (Å²) in [5.74, 6) is -3.63. The van der Waals surface area contributed by atoms with Gasteiger partial charge < -0.3 is 9.80 Å². The minimum atomic E-state index is -1.08. The van der Waals surface area contributed by atoms with Crippen LogP contribution in [0, 0.1) is 11.6 Å². The average molecular weight is 650 g/mol. The van der Waals surface area contributed by atoms with Crippen LogP contribution >= 0.6 is 0 Å². The van der Waals surface area contributed by atoms with Gasteiger partial charge in [-0.25, -0.2) is 27.5 Å². The number of anilines is 1. The second-order valence-corrected chi connectivity index (χ2v) is 12.8. The maximum atomic E-state index is 16.4. The van der Waals surface area contributed by atoms with Gasteiger partial charge >= 0.3 is 5.69 Å². The van der Waals surface area contributed by atoms with Gasteiger partial charge in [0.2, 0.25) is 0 Å². The first-order chi connectivity index (χ1) is 22.6. The van der Waals surface area contributed by atoms with Crippen LogP contribution < -0.4 is 10.6 Å². The van der Waals surface area contributed by atoms with Crippen LogP contribution in [0.4, 0.5) is 19.0 Å². The zero-order chi connectivity index (χ0) is 35.2. The molecule has 1 saturated heterocycles. The van der Waals surface area contributed by atoms with Crippen LogP contribution in [0.5, 0.6) is 0 Å². The topological polar surface area (TPSA) is 84.2 Å². The second-order valence-electron chi connectivity index (χ2n) is 12.8. The van der Waals surface area contributed by atoms with Gasteiger partial charge in [0.05, 0.1) is 32.5 Å². The van der Waals surface area contributed by atoms with Crippen LogP contribution in [0.2, 0.25) is 0 Å². The van der Waals surface area contributed by atoms with Gasteiger partial charge in [-0.05, 0) is 55.0 Å². The molecule has 1 aromatic carbocycles. The Hall–Kier alpha value is -4.67. The van der Waals surface area contributed by atoms with Crippen molar-refractivity contribution in [3.63, 3.8) is 0 Å². The minimum Gasteiger partial charge on any atom is -0.347 e. The maximum absolute atomic E-state index is 16.4. The highest BCUT2D eigenvalue weighted by atomic mass is 19.1. The van der Waals surface area contributed by atoms with Crippen molar-refractivity contribution in [2.45, 2.75) is 65.5 Å². The lowest BCUT2D eigenvalue weighted by atomic mass is 9.77. The van der Waals surface area contributed by atoms with E-state index in [2.05, 4.69) is 16.5 Å². The van der Waals surface area contributed by atoms with E-state index in [1.807, 2.05) is 33.8 Å². The first kappa shape index (κ1) is 34.7. The van der Waals surface area contributed by atoms with E-state index in [-0.39, 0.29) is 64.0 Å². The first-order valence-corrected chi connectivity index (χ1v) is 15.7. The number of amides is 1. The Balaban J connectivity index is 1.89. The highest BCUT2D eigenvalue weighted by molar-refractivity contribution is 6.50. The molecule has 0 bridgehead atoms. The summed E-state index contributed by atoms with van der Waals surface area (Å²) in [4.78, 5) is 43.8. The molecule has 13 heteroatoms. The van der Waals surface area contributed by atoms with E-state index in [9.17, 15) is 14.0 Å². The molecular formula is C35H35B2F3N6O2. The number of hydrogen-bond acceptors (Lipinski definition) is 6. The Bertz CT molecular complexity index is 1990. The number of pyridine rings is 2. The number of rotatable bonds is 7. The third kappa shape index (κ3) is 6.30. The number of carbonyl (C=O) groups excluding carboxylic acids is 1. The van der Waals surface area contributed by atoms with E-state index in [0.29, 0.717) is 11.4 Å². The Labute approximate surface area is 280 Å². The van der Waals surface area contributed by atoms with Crippen molar-refractivity contribution < 1.29 is 18.0 Å². The summed E-state index contributed by atoms with van der Waals surface area (Å²) < 4.78 is 47.1. The number of carbonyl (C=O) groups is 1. The van der Waals surface area contributed by atoms with Crippen LogP contribution in [0.15, 0.2) is 59.1 Å². The van der Waals surface area contributed by atoms with Crippen molar-refractivity contribution >= 4 is 44.5 Å². The van der Waals surface area contributed by atoms with Crippen molar-refractivity contribution in [3.05, 3.63) is 93.2 Å². The van der Waals surface area contributed by atoms with Crippen LogP contribution in [-0.4, -0.2) is 71.2 Å². The van der Waals surface area contributed by atoms with Crippen molar-refractivity contribution in [2.75, 3.05) is 18.0 Å². The monoisotopic (exact) mass is 650 g/mol. The molecule has 244 valence electrons. The molecule has 0 aliphatic carbocycles. The summed E-state index contributed by atoms with van der Waals surface area (Å²) in [6.07, 6.45) is 2.98. The quantitative estimate of drug-likeness (QED) is 0.183. The van der Waals surface area contributed by atoms with Gasteiger partial charge in [0.15, 0.2) is 17.3 Å². The molecule has 5 rings (SSSR count). The fraction of sp³-hybridized carbons (Fsp3) is 0.343. The van der Waals surface area contributed by atoms with Gasteiger partial charge in [0.1, 0.15) is 17.3 Å². The molecule has 0 saturated carbocycles. The highest BCUT2D eigenvalue weighted by Crippen LogP contribution is 2.37. The van der Waals surface area contributed by atoms with Gasteiger partial charge in [-0.1, -0.05) is 52.5 Å². The van der Waals surface area contributed by atoms with Gasteiger partial charge in [0.25, 0.3) is 5.91 Å². The number of halogens is 3. The fourth-order valence-electron chi connectivity index (χ4n) is 6.47. The maximum Gasteiger partial charge on any atom is 0.355 e. The van der Waals surface area contributed by atoms with Gasteiger partial charge in [-0.3, -0.25) is 9.78 Å². The van der Waals surface area contributed by atoms with E-state index in [0.717, 1.165) is 5.56 Å². The summed E-state index contributed by atoms with van der Waals surface area (Å²) >= 11 is 0. The van der Waals surface area contributed by atoms with E-state index in [4.69, 9.17) is 20.7 Å². The number of aromatic nitrogens is 4. The molecule has 1 aliphatic rings. The molecule has 4 radical (unpaired) electrons. The van der Waals surface area contributed by atoms with E-state index < -0.39 is 41.1 Å². The lowest BCUT2D eigenvalue weighted by molar-refractivity contribution is -0.129. The SMILES string of the molecule is [B]C([B])=Cc1cccc(F)c1-c1nc2c(cc1F)c(N1[C@@H](C)CN(C(=O)C(=C)F)C[C@@H]1C)nc(=O)n2-c1c(C(C)C)ccnc1C(C)C. The smallest absolute Gasteiger partial charge is 0.347 e. The summed E-state index contributed by atoms with van der Waals surface area (Å²) in [6.45, 7) is 14.7. The van der Waals surface area contributed by atoms with Gasteiger partial charge in [0, 0.05) is 36.9 Å². The molecule has 1 amide bonds. The van der Waals surface area contributed by atoms with E-state index in [1.165, 1.54) is 39.8 Å². The zero-order valence-electron chi connectivity index (χ0n) is 27.8. The first-order valence-electron chi connectivity index (χ1n) is 15.7.